The van der Waals surface area contributed by atoms with Crippen LogP contribution in [0.4, 0.5) is 15.8 Å². The molecule has 2 aromatic rings. The van der Waals surface area contributed by atoms with E-state index in [9.17, 15) is 14.0 Å². The molecule has 32 heavy (non-hydrogen) atoms. The van der Waals surface area contributed by atoms with Gasteiger partial charge in [0.2, 0.25) is 5.91 Å². The van der Waals surface area contributed by atoms with Gasteiger partial charge in [0.15, 0.2) is 6.61 Å². The van der Waals surface area contributed by atoms with Crippen molar-refractivity contribution in [2.24, 2.45) is 0 Å². The molecule has 1 unspecified atom stereocenters. The summed E-state index contributed by atoms with van der Waals surface area (Å²) in [6.45, 7) is 5.31. The number of amides is 2. The standard InChI is InChI=1S/C24H29FN4O3/c1-16(20-14-18(25)4-7-22(20)29-11-9-28(2)10-12-29)26-24(31)15-32-19-5-6-21-17(13-19)3-8-23(30)27-21/h4-7,13-14,16H,3,8-12,15H2,1-2H3,(H,26,31)(H,27,30). The summed E-state index contributed by atoms with van der Waals surface area (Å²) in [7, 11) is 2.09. The number of ether oxygens (including phenoxy) is 1. The van der Waals surface area contributed by atoms with Crippen molar-refractivity contribution in [1.29, 1.82) is 0 Å². The van der Waals surface area contributed by atoms with Crippen molar-refractivity contribution in [3.8, 4) is 5.75 Å². The number of rotatable bonds is 6. The average Bonchev–Trinajstić information content (AvgIpc) is 2.78. The number of anilines is 2. The van der Waals surface area contributed by atoms with Crippen LogP contribution in [0.2, 0.25) is 0 Å². The fraction of sp³-hybridized carbons (Fsp3) is 0.417. The van der Waals surface area contributed by atoms with Crippen LogP contribution in [-0.2, 0) is 16.0 Å². The van der Waals surface area contributed by atoms with Gasteiger partial charge in [0, 0.05) is 49.5 Å². The summed E-state index contributed by atoms with van der Waals surface area (Å²) in [5.41, 5.74) is 3.49. The van der Waals surface area contributed by atoms with Gasteiger partial charge in [-0.15, -0.1) is 0 Å². The van der Waals surface area contributed by atoms with Gasteiger partial charge in [-0.05, 0) is 62.4 Å². The SMILES string of the molecule is CC(NC(=O)COc1ccc2c(c1)CCC(=O)N2)c1cc(F)ccc1N1CCN(C)CC1. The number of aryl methyl sites for hydroxylation is 1. The number of piperazine rings is 1. The van der Waals surface area contributed by atoms with Crippen LogP contribution in [-0.4, -0.2) is 56.5 Å². The first-order chi connectivity index (χ1) is 15.4. The van der Waals surface area contributed by atoms with Crippen molar-refractivity contribution in [3.05, 3.63) is 53.3 Å². The van der Waals surface area contributed by atoms with E-state index in [1.807, 2.05) is 13.0 Å². The lowest BCUT2D eigenvalue weighted by Gasteiger charge is -2.36. The number of carbonyl (C=O) groups is 2. The Morgan fingerprint density at radius 1 is 1.16 bits per heavy atom. The van der Waals surface area contributed by atoms with Crippen molar-refractivity contribution in [2.45, 2.75) is 25.8 Å². The van der Waals surface area contributed by atoms with Crippen LogP contribution < -0.4 is 20.3 Å². The molecule has 1 fully saturated rings. The van der Waals surface area contributed by atoms with Gasteiger partial charge in [-0.2, -0.15) is 0 Å². The van der Waals surface area contributed by atoms with E-state index in [0.29, 0.717) is 18.6 Å². The highest BCUT2D eigenvalue weighted by Crippen LogP contribution is 2.29. The molecule has 170 valence electrons. The Morgan fingerprint density at radius 3 is 2.72 bits per heavy atom. The number of nitrogens with one attached hydrogen (secondary N) is 2. The largest absolute Gasteiger partial charge is 0.484 e. The number of likely N-dealkylation sites (N-methyl/N-ethyl adjacent to an activating group) is 1. The Kier molecular flexibility index (Phi) is 6.60. The molecule has 2 aromatic carbocycles. The lowest BCUT2D eigenvalue weighted by molar-refractivity contribution is -0.123. The summed E-state index contributed by atoms with van der Waals surface area (Å²) in [6, 6.07) is 9.77. The Bertz CT molecular complexity index is 1000. The summed E-state index contributed by atoms with van der Waals surface area (Å²) >= 11 is 0. The van der Waals surface area contributed by atoms with Crippen LogP contribution in [0.15, 0.2) is 36.4 Å². The minimum atomic E-state index is -0.366. The van der Waals surface area contributed by atoms with E-state index in [0.717, 1.165) is 48.7 Å². The summed E-state index contributed by atoms with van der Waals surface area (Å²) < 4.78 is 19.7. The molecule has 2 aliphatic rings. The van der Waals surface area contributed by atoms with Gasteiger partial charge in [-0.25, -0.2) is 4.39 Å². The molecule has 0 spiro atoms. The van der Waals surface area contributed by atoms with E-state index in [1.54, 1.807) is 18.2 Å². The quantitative estimate of drug-likeness (QED) is 0.723. The molecule has 0 aliphatic carbocycles. The number of fused-ring (bicyclic) bond motifs is 1. The van der Waals surface area contributed by atoms with Crippen LogP contribution in [0.3, 0.4) is 0 Å². The van der Waals surface area contributed by atoms with Crippen molar-refractivity contribution < 1.29 is 18.7 Å². The van der Waals surface area contributed by atoms with Gasteiger partial charge in [0.25, 0.3) is 5.91 Å². The van der Waals surface area contributed by atoms with Crippen molar-refractivity contribution >= 4 is 23.2 Å². The summed E-state index contributed by atoms with van der Waals surface area (Å²) in [5, 5.41) is 5.75. The average molecular weight is 441 g/mol. The van der Waals surface area contributed by atoms with E-state index in [2.05, 4.69) is 27.5 Å². The highest BCUT2D eigenvalue weighted by molar-refractivity contribution is 5.94. The zero-order valence-corrected chi connectivity index (χ0v) is 18.5. The van der Waals surface area contributed by atoms with Gasteiger partial charge < -0.3 is 25.2 Å². The van der Waals surface area contributed by atoms with Crippen molar-refractivity contribution in [1.82, 2.24) is 10.2 Å². The number of hydrogen-bond acceptors (Lipinski definition) is 5. The molecule has 2 heterocycles. The zero-order valence-electron chi connectivity index (χ0n) is 18.5. The minimum absolute atomic E-state index is 0.00725. The third-order valence-corrected chi connectivity index (χ3v) is 6.02. The fourth-order valence-electron chi connectivity index (χ4n) is 4.17. The first kappa shape index (κ1) is 22.1. The molecular formula is C24H29FN4O3. The predicted molar refractivity (Wildman–Crippen MR) is 122 cm³/mol. The highest BCUT2D eigenvalue weighted by Gasteiger charge is 2.21. The van der Waals surface area contributed by atoms with Gasteiger partial charge in [0.05, 0.1) is 6.04 Å². The van der Waals surface area contributed by atoms with E-state index < -0.39 is 0 Å². The molecule has 4 rings (SSSR count). The number of halogens is 1. The molecule has 2 aliphatic heterocycles. The van der Waals surface area contributed by atoms with Crippen molar-refractivity contribution in [2.75, 3.05) is 50.1 Å². The minimum Gasteiger partial charge on any atom is -0.484 e. The normalized spacial score (nSPS) is 17.3. The molecule has 0 aromatic heterocycles. The van der Waals surface area contributed by atoms with E-state index in [1.165, 1.54) is 12.1 Å². The Balaban J connectivity index is 1.38. The molecule has 8 heteroatoms. The highest BCUT2D eigenvalue weighted by atomic mass is 19.1. The lowest BCUT2D eigenvalue weighted by atomic mass is 10.0. The number of benzene rings is 2. The van der Waals surface area contributed by atoms with Gasteiger partial charge in [-0.1, -0.05) is 0 Å². The van der Waals surface area contributed by atoms with Crippen LogP contribution in [0.25, 0.3) is 0 Å². The fourth-order valence-corrected chi connectivity index (χ4v) is 4.17. The van der Waals surface area contributed by atoms with Crippen LogP contribution >= 0.6 is 0 Å². The van der Waals surface area contributed by atoms with Crippen LogP contribution in [0.5, 0.6) is 5.75 Å². The van der Waals surface area contributed by atoms with E-state index >= 15 is 0 Å². The Morgan fingerprint density at radius 2 is 1.94 bits per heavy atom. The first-order valence-corrected chi connectivity index (χ1v) is 11.0. The molecule has 2 N–H and O–H groups in total. The molecule has 0 bridgehead atoms. The maximum absolute atomic E-state index is 14.0. The summed E-state index contributed by atoms with van der Waals surface area (Å²) in [4.78, 5) is 28.5. The lowest BCUT2D eigenvalue weighted by Crippen LogP contribution is -2.45. The molecule has 1 saturated heterocycles. The Hall–Kier alpha value is -3.13. The molecule has 7 nitrogen and oxygen atoms in total. The van der Waals surface area contributed by atoms with Gasteiger partial charge >= 0.3 is 0 Å². The number of hydrogen-bond donors (Lipinski definition) is 2. The monoisotopic (exact) mass is 440 g/mol. The van der Waals surface area contributed by atoms with Crippen LogP contribution in [0.1, 0.15) is 30.5 Å². The maximum atomic E-state index is 14.0. The van der Waals surface area contributed by atoms with E-state index in [4.69, 9.17) is 4.74 Å². The maximum Gasteiger partial charge on any atom is 0.258 e. The van der Waals surface area contributed by atoms with Gasteiger partial charge in [0.1, 0.15) is 11.6 Å². The Labute approximate surface area is 187 Å². The second-order valence-corrected chi connectivity index (χ2v) is 8.44. The smallest absolute Gasteiger partial charge is 0.258 e. The van der Waals surface area contributed by atoms with E-state index in [-0.39, 0.29) is 30.3 Å². The van der Waals surface area contributed by atoms with Crippen molar-refractivity contribution in [3.63, 3.8) is 0 Å². The van der Waals surface area contributed by atoms with Gasteiger partial charge in [-0.3, -0.25) is 9.59 Å². The predicted octanol–water partition coefficient (Wildman–Crippen LogP) is 2.72. The molecular weight excluding hydrogens is 411 g/mol. The molecule has 0 saturated carbocycles. The third-order valence-electron chi connectivity index (χ3n) is 6.02. The molecule has 1 atom stereocenters. The number of nitrogens with zero attached hydrogens (tertiary/aromatic N) is 2. The zero-order chi connectivity index (χ0) is 22.7. The van der Waals surface area contributed by atoms with Crippen LogP contribution in [0, 0.1) is 5.82 Å². The topological polar surface area (TPSA) is 73.9 Å². The summed E-state index contributed by atoms with van der Waals surface area (Å²) in [5.74, 6) is -0.0205. The second-order valence-electron chi connectivity index (χ2n) is 8.44. The summed E-state index contributed by atoms with van der Waals surface area (Å²) in [6.07, 6.45) is 1.09. The number of carbonyl (C=O) groups excluding carboxylic acids is 2. The first-order valence-electron chi connectivity index (χ1n) is 11.0. The second kappa shape index (κ2) is 9.56. The third kappa shape index (κ3) is 5.19. The molecule has 2 amide bonds. The molecule has 0 radical (unpaired) electrons.